The lowest BCUT2D eigenvalue weighted by Crippen LogP contribution is -2.39. The third kappa shape index (κ3) is 8.03. The van der Waals surface area contributed by atoms with Crippen molar-refractivity contribution in [2.75, 3.05) is 45.7 Å². The molecule has 1 rings (SSSR count). The maximum absolute atomic E-state index is 13.0. The number of hydrogen-bond acceptors (Lipinski definition) is 4. The van der Waals surface area contributed by atoms with Crippen LogP contribution in [0.4, 0.5) is 18.9 Å². The zero-order chi connectivity index (χ0) is 19.7. The lowest BCUT2D eigenvalue weighted by atomic mass is 10.1. The van der Waals surface area contributed by atoms with Crippen molar-refractivity contribution in [2.45, 2.75) is 12.6 Å². The van der Waals surface area contributed by atoms with E-state index in [1.807, 2.05) is 0 Å². The number of amides is 2. The Morgan fingerprint density at radius 3 is 2.50 bits per heavy atom. The number of anilines is 1. The van der Waals surface area contributed by atoms with Gasteiger partial charge < -0.3 is 15.4 Å². The van der Waals surface area contributed by atoms with E-state index in [9.17, 15) is 22.8 Å². The Morgan fingerprint density at radius 1 is 1.23 bits per heavy atom. The van der Waals surface area contributed by atoms with E-state index in [1.54, 1.807) is 7.11 Å². The molecule has 2 N–H and O–H groups in total. The molecule has 26 heavy (non-hydrogen) atoms. The van der Waals surface area contributed by atoms with Crippen molar-refractivity contribution >= 4 is 29.1 Å². The summed E-state index contributed by atoms with van der Waals surface area (Å²) in [6, 6.07) is 3.09. The molecule has 146 valence electrons. The molecule has 0 unspecified atom stereocenters. The first-order chi connectivity index (χ1) is 12.1. The van der Waals surface area contributed by atoms with Gasteiger partial charge in [0.05, 0.1) is 24.3 Å². The summed E-state index contributed by atoms with van der Waals surface area (Å²) in [4.78, 5) is 25.1. The van der Waals surface area contributed by atoms with E-state index in [1.165, 1.54) is 18.0 Å². The van der Waals surface area contributed by atoms with Gasteiger partial charge in [-0.1, -0.05) is 11.6 Å². The minimum Gasteiger partial charge on any atom is -0.385 e. The van der Waals surface area contributed by atoms with Crippen molar-refractivity contribution < 1.29 is 27.5 Å². The van der Waals surface area contributed by atoms with E-state index in [0.717, 1.165) is 12.1 Å². The molecule has 0 aliphatic carbocycles. The maximum atomic E-state index is 13.0. The zero-order valence-electron chi connectivity index (χ0n) is 14.5. The van der Waals surface area contributed by atoms with Crippen LogP contribution in [0.2, 0.25) is 5.02 Å². The van der Waals surface area contributed by atoms with Crippen LogP contribution >= 0.6 is 11.6 Å². The van der Waals surface area contributed by atoms with Crippen LogP contribution in [0.15, 0.2) is 18.2 Å². The van der Waals surface area contributed by atoms with Gasteiger partial charge in [0.15, 0.2) is 0 Å². The molecule has 0 radical (unpaired) electrons. The van der Waals surface area contributed by atoms with Crippen molar-refractivity contribution in [1.29, 1.82) is 0 Å². The molecule has 0 atom stereocenters. The second-order valence-corrected chi connectivity index (χ2v) is 6.04. The Kier molecular flexibility index (Phi) is 8.83. The first-order valence-electron chi connectivity index (χ1n) is 7.74. The normalized spacial score (nSPS) is 11.5. The largest absolute Gasteiger partial charge is 0.418 e. The molecule has 0 bridgehead atoms. The van der Waals surface area contributed by atoms with E-state index in [-0.39, 0.29) is 29.7 Å². The van der Waals surface area contributed by atoms with E-state index >= 15 is 0 Å². The first-order valence-corrected chi connectivity index (χ1v) is 8.12. The molecule has 0 aliphatic rings. The summed E-state index contributed by atoms with van der Waals surface area (Å²) >= 11 is 5.59. The molecule has 10 heteroatoms. The van der Waals surface area contributed by atoms with Crippen molar-refractivity contribution in [3.8, 4) is 0 Å². The average Bonchev–Trinajstić information content (AvgIpc) is 2.52. The average molecular weight is 396 g/mol. The summed E-state index contributed by atoms with van der Waals surface area (Å²) < 4.78 is 43.9. The number of carbonyl (C=O) groups is 2. The van der Waals surface area contributed by atoms with Crippen molar-refractivity contribution in [2.24, 2.45) is 0 Å². The molecule has 0 spiro atoms. The molecule has 0 aliphatic heterocycles. The Balaban J connectivity index is 2.55. The summed E-state index contributed by atoms with van der Waals surface area (Å²) in [6.45, 7) is 0.645. The fraction of sp³-hybridized carbons (Fsp3) is 0.500. The molecule has 0 fully saturated rings. The molecule has 1 aromatic carbocycles. The fourth-order valence-electron chi connectivity index (χ4n) is 2.10. The molecule has 2 amide bonds. The minimum absolute atomic E-state index is 0.0624. The van der Waals surface area contributed by atoms with Crippen LogP contribution in [-0.4, -0.2) is 57.1 Å². The Bertz CT molecular complexity index is 626. The summed E-state index contributed by atoms with van der Waals surface area (Å²) in [5.41, 5.74) is -1.42. The van der Waals surface area contributed by atoms with Crippen LogP contribution in [0.5, 0.6) is 0 Å². The minimum atomic E-state index is -4.65. The SMILES string of the molecule is COCCCNC(=O)CN(C)CC(=O)Nc1ccc(Cl)cc1C(F)(F)F. The second-order valence-electron chi connectivity index (χ2n) is 5.60. The van der Waals surface area contributed by atoms with E-state index < -0.39 is 17.6 Å². The molecule has 6 nitrogen and oxygen atoms in total. The maximum Gasteiger partial charge on any atom is 0.418 e. The Labute approximate surface area is 154 Å². The van der Waals surface area contributed by atoms with Crippen LogP contribution in [-0.2, 0) is 20.5 Å². The zero-order valence-corrected chi connectivity index (χ0v) is 15.2. The van der Waals surface area contributed by atoms with E-state index in [4.69, 9.17) is 16.3 Å². The molecular formula is C16H21ClF3N3O3. The quantitative estimate of drug-likeness (QED) is 0.630. The number of alkyl halides is 3. The van der Waals surface area contributed by atoms with Crippen molar-refractivity contribution in [3.63, 3.8) is 0 Å². The molecule has 0 aromatic heterocycles. The monoisotopic (exact) mass is 395 g/mol. The van der Waals surface area contributed by atoms with Gasteiger partial charge in [0, 0.05) is 25.3 Å². The number of hydrogen-bond donors (Lipinski definition) is 2. The third-order valence-electron chi connectivity index (χ3n) is 3.24. The number of nitrogens with zero attached hydrogens (tertiary/aromatic N) is 1. The van der Waals surface area contributed by atoms with E-state index in [0.29, 0.717) is 19.6 Å². The topological polar surface area (TPSA) is 70.7 Å². The highest BCUT2D eigenvalue weighted by molar-refractivity contribution is 6.30. The summed E-state index contributed by atoms with van der Waals surface area (Å²) in [5.74, 6) is -0.966. The van der Waals surface area contributed by atoms with Gasteiger partial charge in [-0.2, -0.15) is 13.2 Å². The number of nitrogens with one attached hydrogen (secondary N) is 2. The van der Waals surface area contributed by atoms with Gasteiger partial charge >= 0.3 is 6.18 Å². The van der Waals surface area contributed by atoms with E-state index in [2.05, 4.69) is 10.6 Å². The van der Waals surface area contributed by atoms with Crippen LogP contribution in [0.1, 0.15) is 12.0 Å². The highest BCUT2D eigenvalue weighted by atomic mass is 35.5. The van der Waals surface area contributed by atoms with Crippen LogP contribution < -0.4 is 10.6 Å². The number of carbonyl (C=O) groups excluding carboxylic acids is 2. The second kappa shape index (κ2) is 10.3. The predicted octanol–water partition coefficient (Wildman–Crippen LogP) is 2.38. The molecule has 0 saturated heterocycles. The first kappa shape index (κ1) is 22.2. The van der Waals surface area contributed by atoms with Gasteiger partial charge in [-0.15, -0.1) is 0 Å². The van der Waals surface area contributed by atoms with Crippen LogP contribution in [0.25, 0.3) is 0 Å². The van der Waals surface area contributed by atoms with Crippen molar-refractivity contribution in [3.05, 3.63) is 28.8 Å². The number of likely N-dealkylation sites (N-methyl/N-ethyl adjacent to an activating group) is 1. The van der Waals surface area contributed by atoms with Gasteiger partial charge in [0.2, 0.25) is 11.8 Å². The van der Waals surface area contributed by atoms with Gasteiger partial charge in [-0.3, -0.25) is 14.5 Å². The highest BCUT2D eigenvalue weighted by Crippen LogP contribution is 2.36. The predicted molar refractivity (Wildman–Crippen MR) is 92.1 cm³/mol. The smallest absolute Gasteiger partial charge is 0.385 e. The van der Waals surface area contributed by atoms with Gasteiger partial charge in [0.1, 0.15) is 0 Å². The number of rotatable bonds is 9. The Morgan fingerprint density at radius 2 is 1.88 bits per heavy atom. The lowest BCUT2D eigenvalue weighted by Gasteiger charge is -2.18. The van der Waals surface area contributed by atoms with Gasteiger partial charge in [0.25, 0.3) is 0 Å². The standard InChI is InChI=1S/C16H21ClF3N3O3/c1-23(9-14(24)21-6-3-7-26-2)10-15(25)22-13-5-4-11(17)8-12(13)16(18,19)20/h4-5,8H,3,6-7,9-10H2,1-2H3,(H,21,24)(H,22,25). The number of halogens is 4. The molecular weight excluding hydrogens is 375 g/mol. The molecule has 0 saturated carbocycles. The number of benzene rings is 1. The molecule has 1 aromatic rings. The Hall–Kier alpha value is -1.84. The number of methoxy groups -OCH3 is 1. The van der Waals surface area contributed by atoms with Gasteiger partial charge in [-0.25, -0.2) is 0 Å². The summed E-state index contributed by atoms with van der Waals surface area (Å²) in [7, 11) is 3.07. The van der Waals surface area contributed by atoms with Crippen molar-refractivity contribution in [1.82, 2.24) is 10.2 Å². The van der Waals surface area contributed by atoms with Gasteiger partial charge in [-0.05, 0) is 31.7 Å². The summed E-state index contributed by atoms with van der Waals surface area (Å²) in [5, 5.41) is 4.77. The highest BCUT2D eigenvalue weighted by Gasteiger charge is 2.34. The summed E-state index contributed by atoms with van der Waals surface area (Å²) in [6.07, 6.45) is -4.00. The molecule has 0 heterocycles. The fourth-order valence-corrected chi connectivity index (χ4v) is 2.27. The lowest BCUT2D eigenvalue weighted by molar-refractivity contribution is -0.137. The number of ether oxygens (including phenoxy) is 1. The third-order valence-corrected chi connectivity index (χ3v) is 3.47. The van der Waals surface area contributed by atoms with Crippen LogP contribution in [0.3, 0.4) is 0 Å². The van der Waals surface area contributed by atoms with Crippen LogP contribution in [0, 0.1) is 0 Å².